The number of sulfonamides is 1. The Morgan fingerprint density at radius 3 is 2.27 bits per heavy atom. The van der Waals surface area contributed by atoms with E-state index in [1.54, 1.807) is 43.8 Å². The topological polar surface area (TPSA) is 62.7 Å². The first-order valence-electron chi connectivity index (χ1n) is 8.11. The Morgan fingerprint density at radius 1 is 1.00 bits per heavy atom. The molecule has 0 unspecified atom stereocenters. The van der Waals surface area contributed by atoms with Crippen molar-refractivity contribution >= 4 is 38.9 Å². The standard InChI is InChI=1S/C17H19Cl2N3O3S/c1-25-13-3-5-14(6-4-13)26(23,24)22-8-2-7-21(9-10-22)17-15(18)11-20-12-16(17)19/h3-6,11-12H,2,7-10H2,1H3. The van der Waals surface area contributed by atoms with E-state index in [1.807, 2.05) is 4.90 Å². The van der Waals surface area contributed by atoms with Crippen LogP contribution in [0, 0.1) is 0 Å². The maximum Gasteiger partial charge on any atom is 0.243 e. The molecular weight excluding hydrogens is 397 g/mol. The third-order valence-electron chi connectivity index (χ3n) is 4.30. The van der Waals surface area contributed by atoms with E-state index in [0.29, 0.717) is 54.1 Å². The highest BCUT2D eigenvalue weighted by Crippen LogP contribution is 2.33. The normalized spacial score (nSPS) is 16.3. The van der Waals surface area contributed by atoms with Gasteiger partial charge >= 0.3 is 0 Å². The van der Waals surface area contributed by atoms with Crippen molar-refractivity contribution in [2.75, 3.05) is 38.2 Å². The van der Waals surface area contributed by atoms with Gasteiger partial charge < -0.3 is 9.64 Å². The van der Waals surface area contributed by atoms with Crippen LogP contribution < -0.4 is 9.64 Å². The summed E-state index contributed by atoms with van der Waals surface area (Å²) in [5, 5.41) is 0.924. The Kier molecular flexibility index (Phi) is 5.92. The summed E-state index contributed by atoms with van der Waals surface area (Å²) in [6.45, 7) is 1.95. The second kappa shape index (κ2) is 8.00. The van der Waals surface area contributed by atoms with Gasteiger partial charge in [-0.1, -0.05) is 23.2 Å². The molecule has 9 heteroatoms. The van der Waals surface area contributed by atoms with Gasteiger partial charge in [0.15, 0.2) is 0 Å². The molecule has 1 aromatic heterocycles. The smallest absolute Gasteiger partial charge is 0.243 e. The molecule has 0 aliphatic carbocycles. The predicted octanol–water partition coefficient (Wildman–Crippen LogP) is 3.30. The molecule has 1 aliphatic heterocycles. The highest BCUT2D eigenvalue weighted by Gasteiger charge is 2.28. The van der Waals surface area contributed by atoms with Gasteiger partial charge in [-0.3, -0.25) is 4.98 Å². The number of pyridine rings is 1. The molecule has 1 fully saturated rings. The van der Waals surface area contributed by atoms with Crippen LogP contribution in [0.1, 0.15) is 6.42 Å². The molecule has 0 amide bonds. The maximum absolute atomic E-state index is 12.9. The Labute approximate surface area is 163 Å². The van der Waals surface area contributed by atoms with Crippen LogP contribution in [0.15, 0.2) is 41.6 Å². The fourth-order valence-electron chi connectivity index (χ4n) is 2.96. The highest BCUT2D eigenvalue weighted by atomic mass is 35.5. The summed E-state index contributed by atoms with van der Waals surface area (Å²) < 4.78 is 32.4. The van der Waals surface area contributed by atoms with Gasteiger partial charge in [0.1, 0.15) is 5.75 Å². The van der Waals surface area contributed by atoms with Gasteiger partial charge in [0.05, 0.1) is 27.7 Å². The number of nitrogens with zero attached hydrogens (tertiary/aromatic N) is 3. The Hall–Kier alpha value is -1.54. The van der Waals surface area contributed by atoms with Crippen molar-refractivity contribution in [1.29, 1.82) is 0 Å². The van der Waals surface area contributed by atoms with E-state index < -0.39 is 10.0 Å². The summed E-state index contributed by atoms with van der Waals surface area (Å²) in [4.78, 5) is 6.23. The van der Waals surface area contributed by atoms with Gasteiger partial charge in [0, 0.05) is 38.6 Å². The van der Waals surface area contributed by atoms with E-state index in [0.717, 1.165) is 0 Å². The van der Waals surface area contributed by atoms with E-state index in [9.17, 15) is 8.42 Å². The van der Waals surface area contributed by atoms with Crippen LogP contribution in [-0.2, 0) is 10.0 Å². The molecule has 2 heterocycles. The number of aromatic nitrogens is 1. The predicted molar refractivity (Wildman–Crippen MR) is 103 cm³/mol. The maximum atomic E-state index is 12.9. The van der Waals surface area contributed by atoms with Crippen LogP contribution >= 0.6 is 23.2 Å². The first-order valence-corrected chi connectivity index (χ1v) is 10.3. The van der Waals surface area contributed by atoms with Crippen molar-refractivity contribution < 1.29 is 13.2 Å². The highest BCUT2D eigenvalue weighted by molar-refractivity contribution is 7.89. The zero-order valence-corrected chi connectivity index (χ0v) is 16.6. The molecule has 6 nitrogen and oxygen atoms in total. The monoisotopic (exact) mass is 415 g/mol. The van der Waals surface area contributed by atoms with Crippen molar-refractivity contribution in [3.05, 3.63) is 46.7 Å². The minimum atomic E-state index is -3.56. The van der Waals surface area contributed by atoms with Crippen molar-refractivity contribution in [3.63, 3.8) is 0 Å². The largest absolute Gasteiger partial charge is 0.497 e. The molecule has 3 rings (SSSR count). The number of ether oxygens (including phenoxy) is 1. The fourth-order valence-corrected chi connectivity index (χ4v) is 5.03. The minimum absolute atomic E-state index is 0.256. The number of rotatable bonds is 4. The molecule has 1 aliphatic rings. The van der Waals surface area contributed by atoms with Gasteiger partial charge in [-0.2, -0.15) is 4.31 Å². The van der Waals surface area contributed by atoms with Crippen LogP contribution in [0.3, 0.4) is 0 Å². The molecule has 0 saturated carbocycles. The first kappa shape index (κ1) is 19.2. The third-order valence-corrected chi connectivity index (χ3v) is 6.76. The van der Waals surface area contributed by atoms with E-state index in [-0.39, 0.29) is 4.90 Å². The van der Waals surface area contributed by atoms with Crippen LogP contribution in [0.5, 0.6) is 5.75 Å². The van der Waals surface area contributed by atoms with Crippen molar-refractivity contribution in [2.24, 2.45) is 0 Å². The molecule has 0 radical (unpaired) electrons. The summed E-state index contributed by atoms with van der Waals surface area (Å²) >= 11 is 12.5. The lowest BCUT2D eigenvalue weighted by Gasteiger charge is -2.25. The van der Waals surface area contributed by atoms with Crippen molar-refractivity contribution in [1.82, 2.24) is 9.29 Å². The lowest BCUT2D eigenvalue weighted by atomic mass is 10.3. The number of benzene rings is 1. The van der Waals surface area contributed by atoms with Gasteiger partial charge in [0.25, 0.3) is 0 Å². The van der Waals surface area contributed by atoms with Crippen molar-refractivity contribution in [3.8, 4) is 5.75 Å². The van der Waals surface area contributed by atoms with Gasteiger partial charge in [-0.25, -0.2) is 8.42 Å². The van der Waals surface area contributed by atoms with Gasteiger partial charge in [0.2, 0.25) is 10.0 Å². The Morgan fingerprint density at radius 2 is 1.65 bits per heavy atom. The zero-order valence-electron chi connectivity index (χ0n) is 14.2. The Balaban J connectivity index is 1.79. The molecule has 26 heavy (non-hydrogen) atoms. The summed E-state index contributed by atoms with van der Waals surface area (Å²) in [5.41, 5.74) is 0.701. The summed E-state index contributed by atoms with van der Waals surface area (Å²) in [5.74, 6) is 0.618. The van der Waals surface area contributed by atoms with Crippen LogP contribution in [0.25, 0.3) is 0 Å². The molecule has 0 N–H and O–H groups in total. The quantitative estimate of drug-likeness (QED) is 0.766. The van der Waals surface area contributed by atoms with Crippen LogP contribution in [-0.4, -0.2) is 51.0 Å². The second-order valence-electron chi connectivity index (χ2n) is 5.87. The van der Waals surface area contributed by atoms with E-state index in [1.165, 1.54) is 4.31 Å². The van der Waals surface area contributed by atoms with Crippen LogP contribution in [0.2, 0.25) is 10.0 Å². The van der Waals surface area contributed by atoms with Crippen molar-refractivity contribution in [2.45, 2.75) is 11.3 Å². The summed E-state index contributed by atoms with van der Waals surface area (Å²) in [7, 11) is -2.02. The lowest BCUT2D eigenvalue weighted by Crippen LogP contribution is -2.35. The van der Waals surface area contributed by atoms with Crippen LogP contribution in [0.4, 0.5) is 5.69 Å². The molecule has 2 aromatic rings. The molecule has 0 bridgehead atoms. The Bertz CT molecular complexity index is 855. The fraction of sp³-hybridized carbons (Fsp3) is 0.353. The van der Waals surface area contributed by atoms with E-state index in [4.69, 9.17) is 27.9 Å². The SMILES string of the molecule is COc1ccc(S(=O)(=O)N2CCCN(c3c(Cl)cncc3Cl)CC2)cc1. The number of halogens is 2. The lowest BCUT2D eigenvalue weighted by molar-refractivity contribution is 0.413. The average Bonchev–Trinajstić information content (AvgIpc) is 2.88. The average molecular weight is 416 g/mol. The number of hydrogen-bond donors (Lipinski definition) is 0. The number of hydrogen-bond acceptors (Lipinski definition) is 5. The van der Waals surface area contributed by atoms with E-state index >= 15 is 0 Å². The molecule has 0 atom stereocenters. The second-order valence-corrected chi connectivity index (χ2v) is 8.62. The number of methoxy groups -OCH3 is 1. The van der Waals surface area contributed by atoms with E-state index in [2.05, 4.69) is 4.98 Å². The molecular formula is C17H19Cl2N3O3S. The summed E-state index contributed by atoms with van der Waals surface area (Å²) in [6, 6.07) is 6.42. The van der Waals surface area contributed by atoms with Gasteiger partial charge in [-0.05, 0) is 30.7 Å². The minimum Gasteiger partial charge on any atom is -0.497 e. The number of anilines is 1. The van der Waals surface area contributed by atoms with Gasteiger partial charge in [-0.15, -0.1) is 0 Å². The summed E-state index contributed by atoms with van der Waals surface area (Å²) in [6.07, 6.45) is 3.75. The molecule has 1 saturated heterocycles. The third kappa shape index (κ3) is 3.91. The molecule has 0 spiro atoms. The zero-order chi connectivity index (χ0) is 18.7. The molecule has 140 valence electrons. The first-order chi connectivity index (χ1) is 12.4. The molecule has 1 aromatic carbocycles.